The van der Waals surface area contributed by atoms with Crippen LogP contribution in [0.2, 0.25) is 0 Å². The van der Waals surface area contributed by atoms with E-state index < -0.39 is 5.97 Å². The van der Waals surface area contributed by atoms with E-state index in [1.165, 1.54) is 11.3 Å². The fraction of sp³-hybridized carbons (Fsp3) is 0.556. The molecule has 1 aromatic rings. The molecule has 1 atom stereocenters. The van der Waals surface area contributed by atoms with Crippen LogP contribution in [0.3, 0.4) is 0 Å². The third kappa shape index (κ3) is 2.53. The topological polar surface area (TPSA) is 73.7 Å². The number of carboxylic acids is 1. The zero-order valence-corrected chi connectivity index (χ0v) is 8.90. The minimum atomic E-state index is -0.987. The number of aliphatic hydroxyl groups is 1. The number of hydrogen-bond donors (Lipinski definition) is 2. The van der Waals surface area contributed by atoms with E-state index in [0.717, 1.165) is 18.0 Å². The highest BCUT2D eigenvalue weighted by atomic mass is 32.1. The van der Waals surface area contributed by atoms with Gasteiger partial charge in [-0.2, -0.15) is 0 Å². The average Bonchev–Trinajstić information content (AvgIpc) is 2.76. The number of rotatable bonds is 3. The number of thiazole rings is 1. The van der Waals surface area contributed by atoms with Gasteiger partial charge in [0.05, 0.1) is 12.6 Å². The smallest absolute Gasteiger partial charge is 0.355 e. The van der Waals surface area contributed by atoms with Crippen LogP contribution in [0.5, 0.6) is 0 Å². The molecular formula is C9H12N2O3S. The van der Waals surface area contributed by atoms with Crippen LogP contribution in [0, 0.1) is 0 Å². The summed E-state index contributed by atoms with van der Waals surface area (Å²) in [7, 11) is 0. The first-order valence-corrected chi connectivity index (χ1v) is 5.61. The molecule has 1 unspecified atom stereocenters. The summed E-state index contributed by atoms with van der Waals surface area (Å²) in [5.41, 5.74) is 0.106. The molecule has 0 bridgehead atoms. The Bertz CT molecular complexity index is 366. The Labute approximate surface area is 91.0 Å². The SMILES string of the molecule is O=C(O)c1csc(CN2CCC(O)C2)n1. The lowest BCUT2D eigenvalue weighted by atomic mass is 10.3. The molecule has 0 aliphatic carbocycles. The number of nitrogens with zero attached hydrogens (tertiary/aromatic N) is 2. The molecule has 2 N–H and O–H groups in total. The van der Waals surface area contributed by atoms with E-state index in [9.17, 15) is 9.90 Å². The highest BCUT2D eigenvalue weighted by Crippen LogP contribution is 2.16. The van der Waals surface area contributed by atoms with Crippen LogP contribution in [-0.2, 0) is 6.54 Å². The van der Waals surface area contributed by atoms with Crippen molar-refractivity contribution in [2.75, 3.05) is 13.1 Å². The number of carboxylic acid groups (broad SMARTS) is 1. The Balaban J connectivity index is 1.96. The van der Waals surface area contributed by atoms with Crippen molar-refractivity contribution in [2.45, 2.75) is 19.1 Å². The molecule has 0 radical (unpaired) electrons. The summed E-state index contributed by atoms with van der Waals surface area (Å²) in [6.45, 7) is 2.14. The number of likely N-dealkylation sites (tertiary alicyclic amines) is 1. The predicted molar refractivity (Wildman–Crippen MR) is 55.0 cm³/mol. The number of aromatic carboxylic acids is 1. The molecule has 1 fully saturated rings. The van der Waals surface area contributed by atoms with E-state index in [1.807, 2.05) is 0 Å². The Morgan fingerprint density at radius 1 is 1.73 bits per heavy atom. The molecule has 0 amide bonds. The lowest BCUT2D eigenvalue weighted by Crippen LogP contribution is -2.21. The monoisotopic (exact) mass is 228 g/mol. The van der Waals surface area contributed by atoms with Crippen LogP contribution >= 0.6 is 11.3 Å². The molecule has 2 heterocycles. The minimum absolute atomic E-state index is 0.106. The summed E-state index contributed by atoms with van der Waals surface area (Å²) in [6.07, 6.45) is 0.542. The first-order valence-electron chi connectivity index (χ1n) is 4.73. The second kappa shape index (κ2) is 4.26. The highest BCUT2D eigenvalue weighted by molar-refractivity contribution is 7.09. The van der Waals surface area contributed by atoms with Crippen molar-refractivity contribution in [1.29, 1.82) is 0 Å². The maximum Gasteiger partial charge on any atom is 0.355 e. The lowest BCUT2D eigenvalue weighted by molar-refractivity contribution is 0.0691. The van der Waals surface area contributed by atoms with Gasteiger partial charge in [0.1, 0.15) is 5.01 Å². The second-order valence-corrected chi connectivity index (χ2v) is 4.55. The van der Waals surface area contributed by atoms with Crippen LogP contribution in [0.25, 0.3) is 0 Å². The highest BCUT2D eigenvalue weighted by Gasteiger charge is 2.21. The van der Waals surface area contributed by atoms with Gasteiger partial charge in [0.25, 0.3) is 0 Å². The van der Waals surface area contributed by atoms with Gasteiger partial charge in [0.2, 0.25) is 0 Å². The third-order valence-corrected chi connectivity index (χ3v) is 3.21. The predicted octanol–water partition coefficient (Wildman–Crippen LogP) is 0.408. The van der Waals surface area contributed by atoms with Gasteiger partial charge in [-0.15, -0.1) is 11.3 Å². The first kappa shape index (κ1) is 10.5. The fourth-order valence-electron chi connectivity index (χ4n) is 1.63. The maximum atomic E-state index is 10.6. The normalized spacial score (nSPS) is 22.1. The summed E-state index contributed by atoms with van der Waals surface area (Å²) in [5.74, 6) is -0.987. The molecule has 82 valence electrons. The first-order chi connectivity index (χ1) is 7.15. The standard InChI is InChI=1S/C9H12N2O3S/c12-6-1-2-11(3-6)4-8-10-7(5-15-8)9(13)14/h5-6,12H,1-4H2,(H,13,14). The van der Waals surface area contributed by atoms with Crippen molar-refractivity contribution in [1.82, 2.24) is 9.88 Å². The fourth-order valence-corrected chi connectivity index (χ4v) is 2.44. The summed E-state index contributed by atoms with van der Waals surface area (Å²) in [6, 6.07) is 0. The van der Waals surface area contributed by atoms with Crippen LogP contribution in [0.1, 0.15) is 21.9 Å². The van der Waals surface area contributed by atoms with E-state index >= 15 is 0 Å². The molecule has 0 saturated carbocycles. The summed E-state index contributed by atoms with van der Waals surface area (Å²) >= 11 is 1.35. The van der Waals surface area contributed by atoms with Gasteiger partial charge >= 0.3 is 5.97 Å². The lowest BCUT2D eigenvalue weighted by Gasteiger charge is -2.11. The van der Waals surface area contributed by atoms with Crippen molar-refractivity contribution >= 4 is 17.3 Å². The van der Waals surface area contributed by atoms with Gasteiger partial charge < -0.3 is 10.2 Å². The molecule has 15 heavy (non-hydrogen) atoms. The second-order valence-electron chi connectivity index (χ2n) is 3.61. The van der Waals surface area contributed by atoms with Crippen LogP contribution in [-0.4, -0.2) is 45.3 Å². The number of carbonyl (C=O) groups is 1. The van der Waals surface area contributed by atoms with E-state index in [1.54, 1.807) is 5.38 Å². The van der Waals surface area contributed by atoms with Gasteiger partial charge in [-0.05, 0) is 6.42 Å². The molecule has 1 saturated heterocycles. The van der Waals surface area contributed by atoms with Crippen molar-refractivity contribution < 1.29 is 15.0 Å². The van der Waals surface area contributed by atoms with E-state index in [4.69, 9.17) is 5.11 Å². The van der Waals surface area contributed by atoms with Crippen molar-refractivity contribution in [3.05, 3.63) is 16.1 Å². The molecule has 1 aliphatic rings. The molecule has 1 aliphatic heterocycles. The van der Waals surface area contributed by atoms with Crippen molar-refractivity contribution in [3.8, 4) is 0 Å². The molecule has 0 aromatic carbocycles. The molecular weight excluding hydrogens is 216 g/mol. The van der Waals surface area contributed by atoms with E-state index in [0.29, 0.717) is 13.1 Å². The van der Waals surface area contributed by atoms with Crippen LogP contribution in [0.4, 0.5) is 0 Å². The van der Waals surface area contributed by atoms with Crippen LogP contribution < -0.4 is 0 Å². The molecule has 0 spiro atoms. The van der Waals surface area contributed by atoms with Crippen molar-refractivity contribution in [3.63, 3.8) is 0 Å². The quantitative estimate of drug-likeness (QED) is 0.783. The summed E-state index contributed by atoms with van der Waals surface area (Å²) in [4.78, 5) is 16.7. The van der Waals surface area contributed by atoms with E-state index in [2.05, 4.69) is 9.88 Å². The van der Waals surface area contributed by atoms with Crippen molar-refractivity contribution in [2.24, 2.45) is 0 Å². The summed E-state index contributed by atoms with van der Waals surface area (Å²) in [5, 5.41) is 20.3. The number of aromatic nitrogens is 1. The van der Waals surface area contributed by atoms with Crippen LogP contribution in [0.15, 0.2) is 5.38 Å². The molecule has 6 heteroatoms. The Hall–Kier alpha value is -0.980. The number of hydrogen-bond acceptors (Lipinski definition) is 5. The Morgan fingerprint density at radius 2 is 2.53 bits per heavy atom. The number of aliphatic hydroxyl groups excluding tert-OH is 1. The maximum absolute atomic E-state index is 10.6. The average molecular weight is 228 g/mol. The molecule has 1 aromatic heterocycles. The van der Waals surface area contributed by atoms with Gasteiger partial charge in [-0.1, -0.05) is 0 Å². The summed E-state index contributed by atoms with van der Waals surface area (Å²) < 4.78 is 0. The zero-order valence-electron chi connectivity index (χ0n) is 8.09. The largest absolute Gasteiger partial charge is 0.476 e. The van der Waals surface area contributed by atoms with Gasteiger partial charge in [-0.25, -0.2) is 9.78 Å². The van der Waals surface area contributed by atoms with Gasteiger partial charge in [0, 0.05) is 18.5 Å². The van der Waals surface area contributed by atoms with E-state index in [-0.39, 0.29) is 11.8 Å². The zero-order chi connectivity index (χ0) is 10.8. The number of β-amino-alcohol motifs (C(OH)–C–C–N with tert-alkyl or cyclic N) is 1. The Kier molecular flexibility index (Phi) is 2.99. The third-order valence-electron chi connectivity index (χ3n) is 2.38. The van der Waals surface area contributed by atoms with Gasteiger partial charge in [-0.3, -0.25) is 4.90 Å². The molecule has 2 rings (SSSR count). The molecule has 5 nitrogen and oxygen atoms in total. The van der Waals surface area contributed by atoms with Gasteiger partial charge in [0.15, 0.2) is 5.69 Å². The Morgan fingerprint density at radius 3 is 3.07 bits per heavy atom. The minimum Gasteiger partial charge on any atom is -0.476 e.